The minimum absolute atomic E-state index is 0.0230. The summed E-state index contributed by atoms with van der Waals surface area (Å²) in [5, 5.41) is 0.957. The summed E-state index contributed by atoms with van der Waals surface area (Å²) < 4.78 is 2.04. The van der Waals surface area contributed by atoms with Crippen LogP contribution in [-0.4, -0.2) is 23.9 Å². The van der Waals surface area contributed by atoms with E-state index in [9.17, 15) is 4.79 Å². The van der Waals surface area contributed by atoms with Gasteiger partial charge in [-0.05, 0) is 26.0 Å². The van der Waals surface area contributed by atoms with Crippen LogP contribution in [0.25, 0.3) is 10.1 Å². The van der Waals surface area contributed by atoms with Gasteiger partial charge in [0.1, 0.15) is 4.88 Å². The molecule has 0 aliphatic heterocycles. The summed E-state index contributed by atoms with van der Waals surface area (Å²) in [7, 11) is 0. The lowest BCUT2D eigenvalue weighted by molar-refractivity contribution is 0.0779. The Kier molecular flexibility index (Phi) is 3.92. The first kappa shape index (κ1) is 13.4. The van der Waals surface area contributed by atoms with Gasteiger partial charge in [-0.3, -0.25) is 4.79 Å². The normalized spacial score (nSPS) is 10.8. The van der Waals surface area contributed by atoms with Gasteiger partial charge in [0.25, 0.3) is 5.91 Å². The molecule has 0 fully saturated rings. The highest BCUT2D eigenvalue weighted by Gasteiger charge is 2.20. The standard InChI is InChI=1S/C13H15BrN2OS/c1-3-16(4-2)13(17)12-11(15)9-6-5-8(14)7-10(9)18-12/h5-7H,3-4,15H2,1-2H3. The number of hydrogen-bond acceptors (Lipinski definition) is 3. The molecule has 1 heterocycles. The van der Waals surface area contributed by atoms with E-state index in [4.69, 9.17) is 5.73 Å². The molecule has 1 amide bonds. The molecule has 1 aromatic carbocycles. The van der Waals surface area contributed by atoms with Crippen LogP contribution in [-0.2, 0) is 0 Å². The van der Waals surface area contributed by atoms with Crippen LogP contribution in [0.3, 0.4) is 0 Å². The molecule has 0 radical (unpaired) electrons. The fourth-order valence-corrected chi connectivity index (χ4v) is 3.55. The molecule has 2 aromatic rings. The fraction of sp³-hybridized carbons (Fsp3) is 0.308. The lowest BCUT2D eigenvalue weighted by Crippen LogP contribution is -2.30. The van der Waals surface area contributed by atoms with E-state index >= 15 is 0 Å². The van der Waals surface area contributed by atoms with Crippen molar-refractivity contribution in [2.24, 2.45) is 0 Å². The van der Waals surface area contributed by atoms with Gasteiger partial charge in [-0.15, -0.1) is 11.3 Å². The third-order valence-electron chi connectivity index (χ3n) is 2.94. The lowest BCUT2D eigenvalue weighted by Gasteiger charge is -2.17. The predicted molar refractivity (Wildman–Crippen MR) is 81.2 cm³/mol. The smallest absolute Gasteiger partial charge is 0.266 e. The van der Waals surface area contributed by atoms with Crippen molar-refractivity contribution in [3.05, 3.63) is 27.5 Å². The molecule has 0 aliphatic rings. The van der Waals surface area contributed by atoms with Gasteiger partial charge in [-0.2, -0.15) is 0 Å². The van der Waals surface area contributed by atoms with Crippen LogP contribution >= 0.6 is 27.3 Å². The largest absolute Gasteiger partial charge is 0.397 e. The van der Waals surface area contributed by atoms with Gasteiger partial charge in [0.2, 0.25) is 0 Å². The fourth-order valence-electron chi connectivity index (χ4n) is 1.90. The minimum atomic E-state index is 0.0230. The number of hydrogen-bond donors (Lipinski definition) is 1. The number of nitrogen functional groups attached to an aromatic ring is 1. The van der Waals surface area contributed by atoms with E-state index in [0.29, 0.717) is 23.7 Å². The number of amides is 1. The van der Waals surface area contributed by atoms with Gasteiger partial charge in [0.05, 0.1) is 5.69 Å². The van der Waals surface area contributed by atoms with Gasteiger partial charge >= 0.3 is 0 Å². The Balaban J connectivity index is 2.51. The Bertz CT molecular complexity index is 590. The Morgan fingerprint density at radius 3 is 2.67 bits per heavy atom. The first-order chi connectivity index (χ1) is 8.58. The van der Waals surface area contributed by atoms with Crippen molar-refractivity contribution in [1.82, 2.24) is 4.90 Å². The Labute approximate surface area is 119 Å². The molecule has 5 heteroatoms. The maximum Gasteiger partial charge on any atom is 0.266 e. The highest BCUT2D eigenvalue weighted by Crippen LogP contribution is 2.35. The molecule has 0 bridgehead atoms. The third-order valence-corrected chi connectivity index (χ3v) is 4.58. The first-order valence-corrected chi connectivity index (χ1v) is 7.46. The quantitative estimate of drug-likeness (QED) is 0.934. The number of nitrogens with two attached hydrogens (primary N) is 1. The van der Waals surface area contributed by atoms with Crippen LogP contribution in [0.4, 0.5) is 5.69 Å². The topological polar surface area (TPSA) is 46.3 Å². The summed E-state index contributed by atoms with van der Waals surface area (Å²) in [6, 6.07) is 5.89. The molecule has 0 spiro atoms. The van der Waals surface area contributed by atoms with Crippen LogP contribution in [0.2, 0.25) is 0 Å². The van der Waals surface area contributed by atoms with E-state index < -0.39 is 0 Å². The van der Waals surface area contributed by atoms with E-state index in [-0.39, 0.29) is 5.91 Å². The van der Waals surface area contributed by atoms with Gasteiger partial charge in [0, 0.05) is 27.6 Å². The zero-order valence-corrected chi connectivity index (χ0v) is 12.8. The molecular formula is C13H15BrN2OS. The molecule has 3 nitrogen and oxygen atoms in total. The number of benzene rings is 1. The van der Waals surface area contributed by atoms with E-state index in [1.165, 1.54) is 11.3 Å². The van der Waals surface area contributed by atoms with Crippen LogP contribution in [0.1, 0.15) is 23.5 Å². The SMILES string of the molecule is CCN(CC)C(=O)c1sc2cc(Br)ccc2c1N. The molecule has 1 aromatic heterocycles. The number of anilines is 1. The second-order valence-electron chi connectivity index (χ2n) is 3.96. The predicted octanol–water partition coefficient (Wildman–Crippen LogP) is 3.73. The summed E-state index contributed by atoms with van der Waals surface area (Å²) in [5.74, 6) is 0.0230. The van der Waals surface area contributed by atoms with Crippen molar-refractivity contribution in [2.45, 2.75) is 13.8 Å². The maximum absolute atomic E-state index is 12.3. The zero-order chi connectivity index (χ0) is 13.3. The van der Waals surface area contributed by atoms with Crippen molar-refractivity contribution in [3.8, 4) is 0 Å². The second-order valence-corrected chi connectivity index (χ2v) is 5.93. The van der Waals surface area contributed by atoms with Crippen LogP contribution < -0.4 is 5.73 Å². The number of fused-ring (bicyclic) bond motifs is 1. The van der Waals surface area contributed by atoms with Gasteiger partial charge < -0.3 is 10.6 Å². The van der Waals surface area contributed by atoms with E-state index in [1.807, 2.05) is 32.0 Å². The van der Waals surface area contributed by atoms with E-state index in [1.54, 1.807) is 4.90 Å². The van der Waals surface area contributed by atoms with Gasteiger partial charge in [-0.1, -0.05) is 22.0 Å². The summed E-state index contributed by atoms with van der Waals surface area (Å²) in [4.78, 5) is 14.8. The summed E-state index contributed by atoms with van der Waals surface area (Å²) >= 11 is 4.89. The summed E-state index contributed by atoms with van der Waals surface area (Å²) in [6.07, 6.45) is 0. The van der Waals surface area contributed by atoms with E-state index in [2.05, 4.69) is 15.9 Å². The third kappa shape index (κ3) is 2.24. The van der Waals surface area contributed by atoms with Crippen molar-refractivity contribution in [3.63, 3.8) is 0 Å². The molecule has 0 saturated carbocycles. The Hall–Kier alpha value is -1.07. The van der Waals surface area contributed by atoms with Crippen molar-refractivity contribution < 1.29 is 4.79 Å². The zero-order valence-electron chi connectivity index (χ0n) is 10.4. The highest BCUT2D eigenvalue weighted by molar-refractivity contribution is 9.10. The number of carbonyl (C=O) groups is 1. The van der Waals surface area contributed by atoms with Crippen molar-refractivity contribution >= 4 is 48.9 Å². The second kappa shape index (κ2) is 5.28. The summed E-state index contributed by atoms with van der Waals surface area (Å²) in [6.45, 7) is 5.35. The molecule has 0 unspecified atom stereocenters. The molecule has 18 heavy (non-hydrogen) atoms. The minimum Gasteiger partial charge on any atom is -0.397 e. The number of thiophene rings is 1. The lowest BCUT2D eigenvalue weighted by atomic mass is 10.2. The van der Waals surface area contributed by atoms with Crippen LogP contribution in [0, 0.1) is 0 Å². The first-order valence-electron chi connectivity index (χ1n) is 5.85. The highest BCUT2D eigenvalue weighted by atomic mass is 79.9. The van der Waals surface area contributed by atoms with Crippen molar-refractivity contribution in [2.75, 3.05) is 18.8 Å². The average molecular weight is 327 g/mol. The monoisotopic (exact) mass is 326 g/mol. The van der Waals surface area contributed by atoms with Gasteiger partial charge in [-0.25, -0.2) is 0 Å². The molecule has 0 saturated heterocycles. The van der Waals surface area contributed by atoms with Crippen LogP contribution in [0.5, 0.6) is 0 Å². The molecular weight excluding hydrogens is 312 g/mol. The maximum atomic E-state index is 12.3. The Morgan fingerprint density at radius 2 is 2.06 bits per heavy atom. The molecule has 0 atom stereocenters. The number of nitrogens with zero attached hydrogens (tertiary/aromatic N) is 1. The molecule has 2 N–H and O–H groups in total. The Morgan fingerprint density at radius 1 is 1.39 bits per heavy atom. The average Bonchev–Trinajstić information content (AvgIpc) is 2.67. The molecule has 96 valence electrons. The number of halogens is 1. The summed E-state index contributed by atoms with van der Waals surface area (Å²) in [5.41, 5.74) is 6.68. The molecule has 0 aliphatic carbocycles. The van der Waals surface area contributed by atoms with Gasteiger partial charge in [0.15, 0.2) is 0 Å². The molecule has 2 rings (SSSR count). The van der Waals surface area contributed by atoms with E-state index in [0.717, 1.165) is 14.6 Å². The van der Waals surface area contributed by atoms with Crippen molar-refractivity contribution in [1.29, 1.82) is 0 Å². The number of carbonyl (C=O) groups excluding carboxylic acids is 1. The van der Waals surface area contributed by atoms with Crippen LogP contribution in [0.15, 0.2) is 22.7 Å². The number of rotatable bonds is 3.